The van der Waals surface area contributed by atoms with Crippen molar-refractivity contribution in [3.63, 3.8) is 0 Å². The Balaban J connectivity index is 2.23. The van der Waals surface area contributed by atoms with Crippen LogP contribution in [0.25, 0.3) is 6.08 Å². The van der Waals surface area contributed by atoms with E-state index in [1.165, 1.54) is 5.56 Å². The van der Waals surface area contributed by atoms with E-state index in [0.29, 0.717) is 13.2 Å². The molecule has 1 aromatic rings. The maximum Gasteiger partial charge on any atom is 0.410 e. The summed E-state index contributed by atoms with van der Waals surface area (Å²) in [6, 6.07) is 4.20. The number of rotatable bonds is 6. The summed E-state index contributed by atoms with van der Waals surface area (Å²) in [7, 11) is 1.68. The zero-order valence-electron chi connectivity index (χ0n) is 15.8. The van der Waals surface area contributed by atoms with Crippen molar-refractivity contribution in [2.45, 2.75) is 58.7 Å². The van der Waals surface area contributed by atoms with Crippen molar-refractivity contribution < 1.29 is 14.3 Å². The predicted molar refractivity (Wildman–Crippen MR) is 105 cm³/mol. The Morgan fingerprint density at radius 3 is 2.60 bits per heavy atom. The second-order valence-electron chi connectivity index (χ2n) is 7.49. The van der Waals surface area contributed by atoms with Gasteiger partial charge in [-0.15, -0.1) is 0 Å². The van der Waals surface area contributed by atoms with Crippen LogP contribution in [-0.2, 0) is 16.0 Å². The van der Waals surface area contributed by atoms with Gasteiger partial charge in [0, 0.05) is 23.7 Å². The highest BCUT2D eigenvalue weighted by molar-refractivity contribution is 9.10. The van der Waals surface area contributed by atoms with Crippen LogP contribution in [-0.4, -0.2) is 36.4 Å². The summed E-state index contributed by atoms with van der Waals surface area (Å²) in [6.07, 6.45) is 5.87. The highest BCUT2D eigenvalue weighted by Crippen LogP contribution is 2.29. The van der Waals surface area contributed by atoms with E-state index in [4.69, 9.17) is 9.47 Å². The van der Waals surface area contributed by atoms with Gasteiger partial charge in [-0.2, -0.15) is 0 Å². The monoisotopic (exact) mass is 409 g/mol. The van der Waals surface area contributed by atoms with Crippen molar-refractivity contribution in [1.29, 1.82) is 0 Å². The van der Waals surface area contributed by atoms with Gasteiger partial charge in [0.1, 0.15) is 6.10 Å². The number of amides is 1. The van der Waals surface area contributed by atoms with E-state index in [-0.39, 0.29) is 17.7 Å². The molecule has 0 unspecified atom stereocenters. The Bertz CT molecular complexity index is 645. The predicted octanol–water partition coefficient (Wildman–Crippen LogP) is 5.32. The molecule has 2 rings (SSSR count). The Morgan fingerprint density at radius 1 is 1.36 bits per heavy atom. The van der Waals surface area contributed by atoms with Gasteiger partial charge >= 0.3 is 6.09 Å². The van der Waals surface area contributed by atoms with E-state index in [2.05, 4.69) is 41.1 Å². The minimum atomic E-state index is -0.310. The number of nitrogens with zero attached hydrogens (tertiary/aromatic N) is 1. The molecule has 1 aromatic carbocycles. The molecule has 0 saturated heterocycles. The number of methoxy groups -OCH3 is 1. The fourth-order valence-corrected chi connectivity index (χ4v) is 2.97. The van der Waals surface area contributed by atoms with Gasteiger partial charge in [0.2, 0.25) is 0 Å². The van der Waals surface area contributed by atoms with Crippen molar-refractivity contribution in [3.8, 4) is 0 Å². The van der Waals surface area contributed by atoms with Gasteiger partial charge in [0.15, 0.2) is 0 Å². The average molecular weight is 410 g/mol. The molecule has 138 valence electrons. The molecule has 0 atom stereocenters. The molecule has 1 saturated carbocycles. The SMILES string of the molecule is COC/C=C/c1cc(CN(C(=O)OC2CC2)C(C)(C)C)cc(Br)c1C. The largest absolute Gasteiger partial charge is 0.446 e. The molecule has 5 heteroatoms. The first-order valence-corrected chi connectivity index (χ1v) is 9.44. The van der Waals surface area contributed by atoms with Crippen molar-refractivity contribution in [2.24, 2.45) is 0 Å². The molecule has 0 spiro atoms. The Labute approximate surface area is 159 Å². The molecule has 1 aliphatic carbocycles. The van der Waals surface area contributed by atoms with E-state index < -0.39 is 0 Å². The smallest absolute Gasteiger partial charge is 0.410 e. The van der Waals surface area contributed by atoms with Crippen LogP contribution in [0.1, 0.15) is 50.3 Å². The molecule has 1 fully saturated rings. The van der Waals surface area contributed by atoms with Crippen LogP contribution in [0.2, 0.25) is 0 Å². The minimum Gasteiger partial charge on any atom is -0.446 e. The number of carbonyl (C=O) groups excluding carboxylic acids is 1. The van der Waals surface area contributed by atoms with Gasteiger partial charge in [-0.1, -0.05) is 28.1 Å². The first-order valence-electron chi connectivity index (χ1n) is 8.65. The summed E-state index contributed by atoms with van der Waals surface area (Å²) in [5.41, 5.74) is 3.04. The van der Waals surface area contributed by atoms with Crippen LogP contribution >= 0.6 is 15.9 Å². The molecule has 0 aliphatic heterocycles. The van der Waals surface area contributed by atoms with Crippen molar-refractivity contribution in [3.05, 3.63) is 39.4 Å². The van der Waals surface area contributed by atoms with Gasteiger partial charge in [-0.25, -0.2) is 4.79 Å². The van der Waals surface area contributed by atoms with Crippen LogP contribution in [0.15, 0.2) is 22.7 Å². The molecule has 0 heterocycles. The minimum absolute atomic E-state index is 0.106. The molecule has 0 radical (unpaired) electrons. The maximum atomic E-state index is 12.6. The van der Waals surface area contributed by atoms with E-state index >= 15 is 0 Å². The van der Waals surface area contributed by atoms with Gasteiger partial charge in [-0.3, -0.25) is 4.90 Å². The maximum absolute atomic E-state index is 12.6. The first-order chi connectivity index (χ1) is 11.7. The van der Waals surface area contributed by atoms with Crippen LogP contribution in [0.4, 0.5) is 4.79 Å². The van der Waals surface area contributed by atoms with Gasteiger partial charge in [0.25, 0.3) is 0 Å². The molecule has 1 amide bonds. The summed E-state index contributed by atoms with van der Waals surface area (Å²) >= 11 is 3.63. The summed E-state index contributed by atoms with van der Waals surface area (Å²) in [4.78, 5) is 14.4. The van der Waals surface area contributed by atoms with Crippen LogP contribution in [0.5, 0.6) is 0 Å². The topological polar surface area (TPSA) is 38.8 Å². The molecule has 4 nitrogen and oxygen atoms in total. The molecular weight excluding hydrogens is 382 g/mol. The third-order valence-corrected chi connectivity index (χ3v) is 4.99. The van der Waals surface area contributed by atoms with Crippen molar-refractivity contribution in [1.82, 2.24) is 4.90 Å². The standard InChI is InChI=1S/C20H28BrNO3/c1-14-16(7-6-10-24-5)11-15(12-18(14)21)13-22(20(2,3)4)19(23)25-17-8-9-17/h6-7,11-12,17H,8-10,13H2,1-5H3/b7-6+. The zero-order valence-corrected chi connectivity index (χ0v) is 17.4. The van der Waals surface area contributed by atoms with E-state index in [1.807, 2.05) is 26.8 Å². The molecule has 0 aromatic heterocycles. The molecule has 1 aliphatic rings. The van der Waals surface area contributed by atoms with Crippen LogP contribution in [0.3, 0.4) is 0 Å². The van der Waals surface area contributed by atoms with Gasteiger partial charge < -0.3 is 9.47 Å². The van der Waals surface area contributed by atoms with E-state index in [1.54, 1.807) is 12.0 Å². The molecule has 0 N–H and O–H groups in total. The number of benzene rings is 1. The summed E-state index contributed by atoms with van der Waals surface area (Å²) in [5.74, 6) is 0. The highest BCUT2D eigenvalue weighted by atomic mass is 79.9. The summed E-state index contributed by atoms with van der Waals surface area (Å²) < 4.78 is 11.6. The van der Waals surface area contributed by atoms with Gasteiger partial charge in [-0.05, 0) is 69.4 Å². The number of carbonyl (C=O) groups is 1. The molecule has 0 bridgehead atoms. The highest BCUT2D eigenvalue weighted by Gasteiger charge is 2.33. The lowest BCUT2D eigenvalue weighted by Crippen LogP contribution is -2.45. The molecule has 25 heavy (non-hydrogen) atoms. The second-order valence-corrected chi connectivity index (χ2v) is 8.34. The normalized spacial score (nSPS) is 14.8. The third kappa shape index (κ3) is 5.86. The van der Waals surface area contributed by atoms with Crippen molar-refractivity contribution in [2.75, 3.05) is 13.7 Å². The van der Waals surface area contributed by atoms with E-state index in [0.717, 1.165) is 28.4 Å². The first kappa shape index (κ1) is 20.0. The lowest BCUT2D eigenvalue weighted by Gasteiger charge is -2.35. The summed E-state index contributed by atoms with van der Waals surface area (Å²) in [5, 5.41) is 0. The number of hydrogen-bond acceptors (Lipinski definition) is 3. The number of ether oxygens (including phenoxy) is 2. The fraction of sp³-hybridized carbons (Fsp3) is 0.550. The van der Waals surface area contributed by atoms with Crippen molar-refractivity contribution >= 4 is 28.1 Å². The molecular formula is C20H28BrNO3. The van der Waals surface area contributed by atoms with Crippen LogP contribution < -0.4 is 0 Å². The Hall–Kier alpha value is -1.33. The second kappa shape index (κ2) is 8.37. The Morgan fingerprint density at radius 2 is 2.04 bits per heavy atom. The quantitative estimate of drug-likeness (QED) is 0.638. The fourth-order valence-electron chi connectivity index (χ4n) is 2.44. The lowest BCUT2D eigenvalue weighted by atomic mass is 10.0. The number of halogens is 1. The summed E-state index contributed by atoms with van der Waals surface area (Å²) in [6.45, 7) is 9.25. The zero-order chi connectivity index (χ0) is 18.6. The van der Waals surface area contributed by atoms with Gasteiger partial charge in [0.05, 0.1) is 6.61 Å². The Kier molecular flexibility index (Phi) is 6.69. The number of hydrogen-bond donors (Lipinski definition) is 0. The van der Waals surface area contributed by atoms with E-state index in [9.17, 15) is 4.79 Å². The van der Waals surface area contributed by atoms with Crippen LogP contribution in [0, 0.1) is 6.92 Å². The third-order valence-electron chi connectivity index (χ3n) is 4.17. The lowest BCUT2D eigenvalue weighted by molar-refractivity contribution is 0.0587. The average Bonchev–Trinajstić information content (AvgIpc) is 3.32.